The van der Waals surface area contributed by atoms with Crippen LogP contribution in [0.4, 0.5) is 0 Å². The largest absolute Gasteiger partial charge is 0.494 e. The van der Waals surface area contributed by atoms with Gasteiger partial charge in [0.2, 0.25) is 0 Å². The van der Waals surface area contributed by atoms with Crippen molar-refractivity contribution < 1.29 is 114 Å². The summed E-state index contributed by atoms with van der Waals surface area (Å²) in [5.41, 5.74) is 0.712. The Morgan fingerprint density at radius 3 is 0.741 bits per heavy atom. The normalized spacial score (nSPS) is 10.4. The molecule has 0 unspecified atom stereocenters. The topological polar surface area (TPSA) is 300 Å². The fourth-order valence-electron chi connectivity index (χ4n) is 10.7. The van der Waals surface area contributed by atoms with Crippen LogP contribution in [0.2, 0.25) is 0 Å². The number of unbranched alkanes of at least 4 members (excludes halogenated alkanes) is 12. The third-order valence-corrected chi connectivity index (χ3v) is 16.8. The van der Waals surface area contributed by atoms with E-state index in [0.29, 0.717) is 113 Å². The first-order valence-electron chi connectivity index (χ1n) is 37.9. The van der Waals surface area contributed by atoms with E-state index < -0.39 is 59.7 Å². The predicted molar refractivity (Wildman–Crippen MR) is 428 cm³/mol. The Morgan fingerprint density at radius 2 is 0.474 bits per heavy atom. The summed E-state index contributed by atoms with van der Waals surface area (Å²) >= 11 is 0. The van der Waals surface area contributed by atoms with Crippen LogP contribution in [-0.2, 0) is 38.1 Å². The predicted octanol–water partition coefficient (Wildman–Crippen LogP) is 17.1. The lowest BCUT2D eigenvalue weighted by atomic mass is 10.1. The summed E-state index contributed by atoms with van der Waals surface area (Å²) in [4.78, 5) is 129. The van der Waals surface area contributed by atoms with E-state index in [2.05, 4.69) is 38.2 Å². The first-order chi connectivity index (χ1) is 56.4. The second-order valence-electron chi connectivity index (χ2n) is 25.6. The highest BCUT2D eigenvalue weighted by molar-refractivity contribution is 6.00. The molecule has 602 valence electrons. The molecule has 0 N–H and O–H groups in total. The van der Waals surface area contributed by atoms with Crippen LogP contribution in [0, 0.1) is 11.8 Å². The molecule has 0 radical (unpaired) electrons. The number of benzene rings is 8. The van der Waals surface area contributed by atoms with Gasteiger partial charge in [-0.05, 0) is 273 Å². The summed E-state index contributed by atoms with van der Waals surface area (Å²) in [5.74, 6) is 0.393. The van der Waals surface area contributed by atoms with Crippen molar-refractivity contribution in [3.8, 4) is 69.3 Å². The fourth-order valence-corrected chi connectivity index (χ4v) is 10.7. The van der Waals surface area contributed by atoms with Crippen molar-refractivity contribution in [2.75, 3.05) is 52.9 Å². The highest BCUT2D eigenvalue weighted by atomic mass is 16.6. The lowest BCUT2D eigenvalue weighted by Crippen LogP contribution is -2.15. The number of esters is 10. The Kier molecular flexibility index (Phi) is 37.0. The van der Waals surface area contributed by atoms with E-state index in [4.69, 9.17) is 66.3 Å². The number of rotatable bonds is 48. The SMILES string of the molecule is C=CC(=O)OCCCCCCOc1ccc(C(=O)Oc2ccc(OC(=O)c3ccc(OCCCCCCOC(=O)C=C)cc3)c(C(=O)Oc3cccc(C#Cc4cccc(OC(=O)c5cc(OC(=O)c6ccc(OCCCCCCOC(=O)C=C)cc6)ccc5OC(=O)c5ccc(OCCCCCCOC(=O)C=C)cc5)c4)c3)c2)cc1. The van der Waals surface area contributed by atoms with E-state index in [0.717, 1.165) is 101 Å². The summed E-state index contributed by atoms with van der Waals surface area (Å²) < 4.78 is 78.5. The van der Waals surface area contributed by atoms with E-state index in [1.165, 1.54) is 109 Å². The molecule has 0 saturated carbocycles. The molecule has 0 aromatic heterocycles. The van der Waals surface area contributed by atoms with Gasteiger partial charge < -0.3 is 66.3 Å². The Balaban J connectivity index is 0.937. The molecule has 116 heavy (non-hydrogen) atoms. The van der Waals surface area contributed by atoms with Gasteiger partial charge >= 0.3 is 59.7 Å². The minimum atomic E-state index is -1.01. The van der Waals surface area contributed by atoms with Gasteiger partial charge in [0.15, 0.2) is 0 Å². The molecule has 24 nitrogen and oxygen atoms in total. The van der Waals surface area contributed by atoms with Crippen molar-refractivity contribution in [2.45, 2.75) is 103 Å². The Hall–Kier alpha value is -13.8. The third kappa shape index (κ3) is 31.4. The molecule has 0 fully saturated rings. The van der Waals surface area contributed by atoms with Crippen LogP contribution >= 0.6 is 0 Å². The monoisotopic (exact) mass is 1580 g/mol. The van der Waals surface area contributed by atoms with Gasteiger partial charge in [-0.25, -0.2) is 47.9 Å². The van der Waals surface area contributed by atoms with Gasteiger partial charge in [-0.2, -0.15) is 0 Å². The number of carbonyl (C=O) groups excluding carboxylic acids is 10. The molecule has 0 atom stereocenters. The molecule has 0 aliphatic carbocycles. The number of hydrogen-bond acceptors (Lipinski definition) is 24. The summed E-state index contributed by atoms with van der Waals surface area (Å²) in [7, 11) is 0. The molecule has 0 aliphatic rings. The first-order valence-corrected chi connectivity index (χ1v) is 37.9. The number of ether oxygens (including phenoxy) is 14. The van der Waals surface area contributed by atoms with Crippen molar-refractivity contribution in [1.82, 2.24) is 0 Å². The van der Waals surface area contributed by atoms with Crippen LogP contribution in [0.3, 0.4) is 0 Å². The van der Waals surface area contributed by atoms with Gasteiger partial charge in [-0.3, -0.25) is 0 Å². The van der Waals surface area contributed by atoms with Crippen LogP contribution in [-0.4, -0.2) is 113 Å². The molecular formula is C92H90O24. The summed E-state index contributed by atoms with van der Waals surface area (Å²) in [5, 5.41) is 0. The van der Waals surface area contributed by atoms with Crippen LogP contribution in [0.5, 0.6) is 57.5 Å². The van der Waals surface area contributed by atoms with Gasteiger partial charge in [-0.1, -0.05) is 50.3 Å². The maximum atomic E-state index is 14.4. The molecule has 0 heterocycles. The van der Waals surface area contributed by atoms with E-state index >= 15 is 0 Å². The van der Waals surface area contributed by atoms with Crippen LogP contribution in [0.15, 0.2) is 233 Å². The van der Waals surface area contributed by atoms with Crippen molar-refractivity contribution in [3.63, 3.8) is 0 Å². The van der Waals surface area contributed by atoms with Gasteiger partial charge in [0.1, 0.15) is 68.6 Å². The molecular weight excluding hydrogens is 1490 g/mol. The summed E-state index contributed by atoms with van der Waals surface area (Å²) in [6.45, 7) is 16.4. The maximum absolute atomic E-state index is 14.4. The Morgan fingerprint density at radius 1 is 0.241 bits per heavy atom. The number of hydrogen-bond donors (Lipinski definition) is 0. The molecule has 24 heteroatoms. The lowest BCUT2D eigenvalue weighted by Gasteiger charge is -2.13. The zero-order valence-corrected chi connectivity index (χ0v) is 64.2. The van der Waals surface area contributed by atoms with Crippen molar-refractivity contribution >= 4 is 59.7 Å². The molecule has 0 amide bonds. The lowest BCUT2D eigenvalue weighted by molar-refractivity contribution is -0.138. The average molecular weight is 1580 g/mol. The zero-order valence-electron chi connectivity index (χ0n) is 64.2. The van der Waals surface area contributed by atoms with Crippen molar-refractivity contribution in [1.29, 1.82) is 0 Å². The molecule has 8 rings (SSSR count). The molecule has 8 aromatic rings. The van der Waals surface area contributed by atoms with E-state index in [9.17, 15) is 47.9 Å². The molecule has 0 saturated heterocycles. The number of carbonyl (C=O) groups is 10. The van der Waals surface area contributed by atoms with E-state index in [-0.39, 0.29) is 67.9 Å². The third-order valence-electron chi connectivity index (χ3n) is 16.8. The molecule has 0 spiro atoms. The standard InChI is InChI=1S/C92H90O24/c1-5-83(93)107-57-21-13-9-17-53-103-71-41-33-67(34-42-71)87(97)111-77-49-51-81(115-89(99)69-37-45-73(46-38-69)105-55-19-11-15-23-59-109-85(95)7-3)79(63-77)91(101)113-75-29-25-27-65(61-75)31-32-66-28-26-30-76(62-66)114-92(102)80-64-78(112-88(98)68-35-43-72(44-36-68)104-54-18-10-14-22-58-108-84(94)6-2)50-52-82(80)116-90(100)70-39-47-74(48-40-70)106-56-20-12-16-24-60-110-86(96)8-4/h5-8,25-30,33-52,61-64H,1-4,9-24,53-60H2. The van der Waals surface area contributed by atoms with Crippen LogP contribution in [0.1, 0.15) is 176 Å². The van der Waals surface area contributed by atoms with Gasteiger partial charge in [0, 0.05) is 35.4 Å². The van der Waals surface area contributed by atoms with Crippen LogP contribution < -0.4 is 47.4 Å². The van der Waals surface area contributed by atoms with Crippen molar-refractivity contribution in [3.05, 3.63) is 277 Å². The van der Waals surface area contributed by atoms with Gasteiger partial charge in [0.25, 0.3) is 0 Å². The van der Waals surface area contributed by atoms with Crippen LogP contribution in [0.25, 0.3) is 0 Å². The molecule has 0 aliphatic heterocycles. The Labute approximate surface area is 672 Å². The summed E-state index contributed by atoms with van der Waals surface area (Å²) in [6.07, 6.45) is 16.9. The minimum Gasteiger partial charge on any atom is -0.494 e. The highest BCUT2D eigenvalue weighted by Crippen LogP contribution is 2.32. The maximum Gasteiger partial charge on any atom is 0.347 e. The average Bonchev–Trinajstić information content (AvgIpc) is 0.819. The zero-order chi connectivity index (χ0) is 82.5. The van der Waals surface area contributed by atoms with Gasteiger partial charge in [-0.15, -0.1) is 0 Å². The Bertz CT molecular complexity index is 4440. The molecule has 8 aromatic carbocycles. The second-order valence-corrected chi connectivity index (χ2v) is 25.6. The highest BCUT2D eigenvalue weighted by Gasteiger charge is 2.25. The van der Waals surface area contributed by atoms with E-state index in [1.54, 1.807) is 72.8 Å². The summed E-state index contributed by atoms with van der Waals surface area (Å²) in [6, 6.07) is 45.2. The van der Waals surface area contributed by atoms with Crippen molar-refractivity contribution in [2.24, 2.45) is 0 Å². The first kappa shape index (κ1) is 87.8. The quantitative estimate of drug-likeness (QED) is 0.00854. The van der Waals surface area contributed by atoms with E-state index in [1.807, 2.05) is 0 Å². The molecule has 0 bridgehead atoms. The second kappa shape index (κ2) is 48.8. The van der Waals surface area contributed by atoms with Gasteiger partial charge in [0.05, 0.1) is 75.1 Å². The minimum absolute atomic E-state index is 0.0184. The fraction of sp³-hybridized carbons (Fsp3) is 0.261. The smallest absolute Gasteiger partial charge is 0.347 e.